The van der Waals surface area contributed by atoms with Crippen LogP contribution < -0.4 is 5.73 Å². The highest BCUT2D eigenvalue weighted by Crippen LogP contribution is 2.38. The van der Waals surface area contributed by atoms with Gasteiger partial charge in [-0.2, -0.15) is 0 Å². The summed E-state index contributed by atoms with van der Waals surface area (Å²) in [7, 11) is 0. The predicted octanol–water partition coefficient (Wildman–Crippen LogP) is 2.05. The van der Waals surface area contributed by atoms with Crippen molar-refractivity contribution in [3.8, 4) is 0 Å². The van der Waals surface area contributed by atoms with Gasteiger partial charge in [0.1, 0.15) is 0 Å². The van der Waals surface area contributed by atoms with E-state index in [4.69, 9.17) is 17.3 Å². The van der Waals surface area contributed by atoms with Crippen molar-refractivity contribution >= 4 is 23.2 Å². The molecule has 2 atom stereocenters. The van der Waals surface area contributed by atoms with Crippen molar-refractivity contribution in [1.29, 1.82) is 0 Å². The Morgan fingerprint density at radius 3 is 2.58 bits per heavy atom. The van der Waals surface area contributed by atoms with E-state index in [9.17, 15) is 9.90 Å². The van der Waals surface area contributed by atoms with Crippen LogP contribution in [-0.2, 0) is 0 Å². The standard InChI is InChI=1S/C14H17ClN2O2/c15-13-11(2-1-3-12(13)16)14(19)17-8-4-5-9(17)7-10(18)6-8/h1-3,8-10,18H,4-7,16H2. The first kappa shape index (κ1) is 12.8. The quantitative estimate of drug-likeness (QED) is 0.774. The molecular formula is C14H17ClN2O2. The maximum Gasteiger partial charge on any atom is 0.255 e. The van der Waals surface area contributed by atoms with E-state index in [1.54, 1.807) is 18.2 Å². The number of halogens is 1. The van der Waals surface area contributed by atoms with Crippen LogP contribution in [0.4, 0.5) is 5.69 Å². The number of nitrogens with zero attached hydrogens (tertiary/aromatic N) is 1. The molecule has 0 saturated carbocycles. The van der Waals surface area contributed by atoms with Crippen LogP contribution in [-0.4, -0.2) is 34.1 Å². The number of carbonyl (C=O) groups excluding carboxylic acids is 1. The highest BCUT2D eigenvalue weighted by molar-refractivity contribution is 6.36. The molecule has 2 aliphatic heterocycles. The summed E-state index contributed by atoms with van der Waals surface area (Å²) in [6.07, 6.45) is 2.99. The fraction of sp³-hybridized carbons (Fsp3) is 0.500. The zero-order chi connectivity index (χ0) is 13.6. The summed E-state index contributed by atoms with van der Waals surface area (Å²) in [5.74, 6) is -0.0586. The van der Waals surface area contributed by atoms with Crippen molar-refractivity contribution < 1.29 is 9.90 Å². The number of nitrogen functional groups attached to an aromatic ring is 1. The molecule has 2 fully saturated rings. The molecule has 0 aliphatic carbocycles. The SMILES string of the molecule is Nc1cccc(C(=O)N2C3CCC2CC(O)C3)c1Cl. The van der Waals surface area contributed by atoms with Gasteiger partial charge in [0.15, 0.2) is 0 Å². The van der Waals surface area contributed by atoms with E-state index in [0.29, 0.717) is 29.1 Å². The number of aliphatic hydroxyl groups is 1. The molecule has 102 valence electrons. The third kappa shape index (κ3) is 2.09. The molecular weight excluding hydrogens is 264 g/mol. The molecule has 2 heterocycles. The predicted molar refractivity (Wildman–Crippen MR) is 74.1 cm³/mol. The summed E-state index contributed by atoms with van der Waals surface area (Å²) >= 11 is 6.13. The highest BCUT2D eigenvalue weighted by Gasteiger charge is 2.43. The van der Waals surface area contributed by atoms with Crippen LogP contribution in [0.2, 0.25) is 5.02 Å². The average molecular weight is 281 g/mol. The zero-order valence-corrected chi connectivity index (χ0v) is 11.3. The number of piperidine rings is 1. The van der Waals surface area contributed by atoms with Gasteiger partial charge in [0.25, 0.3) is 5.91 Å². The van der Waals surface area contributed by atoms with E-state index in [1.165, 1.54) is 0 Å². The molecule has 4 nitrogen and oxygen atoms in total. The second-order valence-electron chi connectivity index (χ2n) is 5.43. The van der Waals surface area contributed by atoms with Gasteiger partial charge < -0.3 is 15.7 Å². The Kier molecular flexibility index (Phi) is 3.15. The summed E-state index contributed by atoms with van der Waals surface area (Å²) < 4.78 is 0. The van der Waals surface area contributed by atoms with Gasteiger partial charge in [0.05, 0.1) is 22.4 Å². The minimum absolute atomic E-state index is 0.0586. The molecule has 5 heteroatoms. The first-order chi connectivity index (χ1) is 9.08. The minimum atomic E-state index is -0.280. The van der Waals surface area contributed by atoms with Gasteiger partial charge in [-0.25, -0.2) is 0 Å². The summed E-state index contributed by atoms with van der Waals surface area (Å²) in [5, 5.41) is 10.1. The van der Waals surface area contributed by atoms with Crippen molar-refractivity contribution in [2.45, 2.75) is 43.9 Å². The summed E-state index contributed by atoms with van der Waals surface area (Å²) in [4.78, 5) is 14.5. The Morgan fingerprint density at radius 2 is 1.95 bits per heavy atom. The number of fused-ring (bicyclic) bond motifs is 2. The molecule has 0 aromatic heterocycles. The number of anilines is 1. The van der Waals surface area contributed by atoms with E-state index < -0.39 is 0 Å². The van der Waals surface area contributed by atoms with E-state index in [2.05, 4.69) is 0 Å². The van der Waals surface area contributed by atoms with Crippen LogP contribution in [0.25, 0.3) is 0 Å². The second-order valence-corrected chi connectivity index (χ2v) is 5.81. The molecule has 3 N–H and O–H groups in total. The summed E-state index contributed by atoms with van der Waals surface area (Å²) in [6.45, 7) is 0. The minimum Gasteiger partial charge on any atom is -0.398 e. The first-order valence-electron chi connectivity index (χ1n) is 6.62. The third-order valence-electron chi connectivity index (χ3n) is 4.20. The van der Waals surface area contributed by atoms with Crippen molar-refractivity contribution in [3.63, 3.8) is 0 Å². The molecule has 2 saturated heterocycles. The lowest BCUT2D eigenvalue weighted by molar-refractivity contribution is 0.0287. The van der Waals surface area contributed by atoms with Crippen molar-refractivity contribution in [2.75, 3.05) is 5.73 Å². The first-order valence-corrected chi connectivity index (χ1v) is 7.00. The Labute approximate surface area is 117 Å². The van der Waals surface area contributed by atoms with Crippen LogP contribution in [0.15, 0.2) is 18.2 Å². The lowest BCUT2D eigenvalue weighted by atomic mass is 9.98. The maximum absolute atomic E-state index is 12.6. The molecule has 1 aromatic rings. The van der Waals surface area contributed by atoms with Crippen molar-refractivity contribution in [1.82, 2.24) is 4.90 Å². The number of aliphatic hydroxyl groups excluding tert-OH is 1. The topological polar surface area (TPSA) is 66.6 Å². The van der Waals surface area contributed by atoms with E-state index >= 15 is 0 Å². The number of carbonyl (C=O) groups is 1. The fourth-order valence-electron chi connectivity index (χ4n) is 3.33. The summed E-state index contributed by atoms with van der Waals surface area (Å²) in [5.41, 5.74) is 6.65. The monoisotopic (exact) mass is 280 g/mol. The van der Waals surface area contributed by atoms with Gasteiger partial charge >= 0.3 is 0 Å². The van der Waals surface area contributed by atoms with E-state index in [0.717, 1.165) is 12.8 Å². The van der Waals surface area contributed by atoms with E-state index in [-0.39, 0.29) is 24.1 Å². The lowest BCUT2D eigenvalue weighted by Gasteiger charge is -2.37. The molecule has 1 aromatic carbocycles. The normalized spacial score (nSPS) is 29.6. The number of hydrogen-bond acceptors (Lipinski definition) is 3. The van der Waals surface area contributed by atoms with Crippen LogP contribution in [0.1, 0.15) is 36.0 Å². The largest absolute Gasteiger partial charge is 0.398 e. The Bertz CT molecular complexity index is 506. The van der Waals surface area contributed by atoms with E-state index in [1.807, 2.05) is 4.90 Å². The van der Waals surface area contributed by atoms with Crippen molar-refractivity contribution in [2.24, 2.45) is 0 Å². The highest BCUT2D eigenvalue weighted by atomic mass is 35.5. The maximum atomic E-state index is 12.6. The second kappa shape index (κ2) is 4.69. The molecule has 3 rings (SSSR count). The van der Waals surface area contributed by atoms with Gasteiger partial charge in [0, 0.05) is 12.1 Å². The fourth-order valence-corrected chi connectivity index (χ4v) is 3.54. The Morgan fingerprint density at radius 1 is 1.32 bits per heavy atom. The van der Waals surface area contributed by atoms with Gasteiger partial charge in [-0.15, -0.1) is 0 Å². The molecule has 2 aliphatic rings. The Hall–Kier alpha value is -1.26. The smallest absolute Gasteiger partial charge is 0.255 e. The number of rotatable bonds is 1. The lowest BCUT2D eigenvalue weighted by Crippen LogP contribution is -2.48. The van der Waals surface area contributed by atoms with Crippen LogP contribution in [0.3, 0.4) is 0 Å². The van der Waals surface area contributed by atoms with Gasteiger partial charge in [-0.1, -0.05) is 17.7 Å². The number of benzene rings is 1. The average Bonchev–Trinajstić information content (AvgIpc) is 2.64. The molecule has 0 spiro atoms. The molecule has 2 unspecified atom stereocenters. The van der Waals surface area contributed by atoms with Gasteiger partial charge in [-0.05, 0) is 37.8 Å². The number of nitrogens with two attached hydrogens (primary N) is 1. The van der Waals surface area contributed by atoms with Gasteiger partial charge in [0.2, 0.25) is 0 Å². The molecule has 2 bridgehead atoms. The third-order valence-corrected chi connectivity index (χ3v) is 4.62. The van der Waals surface area contributed by atoms with Crippen LogP contribution in [0, 0.1) is 0 Å². The number of amides is 1. The zero-order valence-electron chi connectivity index (χ0n) is 10.6. The van der Waals surface area contributed by atoms with Crippen LogP contribution >= 0.6 is 11.6 Å². The van der Waals surface area contributed by atoms with Crippen molar-refractivity contribution in [3.05, 3.63) is 28.8 Å². The molecule has 0 radical (unpaired) electrons. The summed E-state index contributed by atoms with van der Waals surface area (Å²) in [6, 6.07) is 5.42. The molecule has 1 amide bonds. The Balaban J connectivity index is 1.91. The van der Waals surface area contributed by atoms with Crippen LogP contribution in [0.5, 0.6) is 0 Å². The van der Waals surface area contributed by atoms with Gasteiger partial charge in [-0.3, -0.25) is 4.79 Å². The molecule has 19 heavy (non-hydrogen) atoms. The number of hydrogen-bond donors (Lipinski definition) is 2.